The normalized spacial score (nSPS) is 10.8. The largest absolute Gasteiger partial charge is 0.497 e. The van der Waals surface area contributed by atoms with E-state index in [0.717, 1.165) is 41.8 Å². The van der Waals surface area contributed by atoms with Crippen LogP contribution in [0.25, 0.3) is 0 Å². The zero-order valence-corrected chi connectivity index (χ0v) is 24.6. The molecule has 3 aromatic carbocycles. The average molecular weight is 572 g/mol. The summed E-state index contributed by atoms with van der Waals surface area (Å²) in [7, 11) is 1.66. The molecule has 6 nitrogen and oxygen atoms in total. The maximum absolute atomic E-state index is 14.0. The molecule has 1 aromatic heterocycles. The van der Waals surface area contributed by atoms with Gasteiger partial charge in [-0.05, 0) is 60.0 Å². The predicted molar refractivity (Wildman–Crippen MR) is 164 cm³/mol. The van der Waals surface area contributed by atoms with E-state index in [2.05, 4.69) is 17.6 Å². The second-order valence-corrected chi connectivity index (χ2v) is 10.6. The molecule has 41 heavy (non-hydrogen) atoms. The molecule has 214 valence electrons. The lowest BCUT2D eigenvalue weighted by molar-refractivity contribution is -0.133. The van der Waals surface area contributed by atoms with Crippen LogP contribution in [-0.4, -0.2) is 46.4 Å². The molecule has 0 radical (unpaired) electrons. The highest BCUT2D eigenvalue weighted by atomic mass is 35.5. The molecule has 0 saturated heterocycles. The number of methoxy groups -OCH3 is 1. The Bertz CT molecular complexity index is 1420. The van der Waals surface area contributed by atoms with Crippen LogP contribution >= 0.6 is 11.6 Å². The van der Waals surface area contributed by atoms with Crippen molar-refractivity contribution in [1.29, 1.82) is 0 Å². The highest BCUT2D eigenvalue weighted by molar-refractivity contribution is 6.31. The number of nitrogens with zero attached hydrogens (tertiary/aromatic N) is 3. The fourth-order valence-electron chi connectivity index (χ4n) is 4.82. The van der Waals surface area contributed by atoms with E-state index >= 15 is 0 Å². The molecule has 4 aromatic rings. The summed E-state index contributed by atoms with van der Waals surface area (Å²) in [5, 5.41) is 0.498. The lowest BCUT2D eigenvalue weighted by atomic mass is 10.1. The third-order valence-electron chi connectivity index (χ3n) is 7.05. The molecular formula is C34H38ClN3O3. The maximum atomic E-state index is 14.0. The van der Waals surface area contributed by atoms with Gasteiger partial charge in [0.15, 0.2) is 0 Å². The van der Waals surface area contributed by atoms with Gasteiger partial charge in [-0.15, -0.1) is 0 Å². The summed E-state index contributed by atoms with van der Waals surface area (Å²) in [6.45, 7) is 4.14. The van der Waals surface area contributed by atoms with E-state index in [1.54, 1.807) is 36.3 Å². The molecule has 0 aliphatic carbocycles. The van der Waals surface area contributed by atoms with Gasteiger partial charge in [-0.3, -0.25) is 9.59 Å². The van der Waals surface area contributed by atoms with E-state index in [1.165, 1.54) is 0 Å². The Hall–Kier alpha value is -4.03. The number of hydrogen-bond acceptors (Lipinski definition) is 3. The number of benzene rings is 3. The summed E-state index contributed by atoms with van der Waals surface area (Å²) >= 11 is 6.18. The molecule has 4 rings (SSSR count). The molecule has 1 heterocycles. The van der Waals surface area contributed by atoms with Crippen molar-refractivity contribution in [1.82, 2.24) is 14.4 Å². The molecule has 0 aliphatic heterocycles. The van der Waals surface area contributed by atoms with E-state index in [4.69, 9.17) is 16.3 Å². The summed E-state index contributed by atoms with van der Waals surface area (Å²) in [5.41, 5.74) is 3.64. The predicted octanol–water partition coefficient (Wildman–Crippen LogP) is 7.06. The van der Waals surface area contributed by atoms with E-state index < -0.39 is 0 Å². The molecule has 0 atom stereocenters. The first-order chi connectivity index (χ1) is 20.0. The second-order valence-electron chi connectivity index (χ2n) is 10.2. The maximum Gasteiger partial charge on any atom is 0.254 e. The Morgan fingerprint density at radius 3 is 2.37 bits per heavy atom. The van der Waals surface area contributed by atoms with E-state index in [-0.39, 0.29) is 18.4 Å². The topological polar surface area (TPSA) is 54.8 Å². The highest BCUT2D eigenvalue weighted by Gasteiger charge is 2.23. The molecule has 0 aliphatic rings. The van der Waals surface area contributed by atoms with Crippen LogP contribution in [0.4, 0.5) is 0 Å². The number of carbonyl (C=O) groups is 2. The van der Waals surface area contributed by atoms with Crippen LogP contribution < -0.4 is 4.74 Å². The van der Waals surface area contributed by atoms with Gasteiger partial charge < -0.3 is 19.1 Å². The molecule has 0 saturated carbocycles. The fourth-order valence-corrected chi connectivity index (χ4v) is 5.01. The van der Waals surface area contributed by atoms with Crippen molar-refractivity contribution in [2.75, 3.05) is 20.2 Å². The number of carbonyl (C=O) groups excluding carboxylic acids is 2. The van der Waals surface area contributed by atoms with Gasteiger partial charge in [0.25, 0.3) is 5.91 Å². The summed E-state index contributed by atoms with van der Waals surface area (Å²) < 4.78 is 7.54. The number of halogens is 1. The van der Waals surface area contributed by atoms with Crippen molar-refractivity contribution in [3.63, 3.8) is 0 Å². The van der Waals surface area contributed by atoms with Crippen molar-refractivity contribution in [2.24, 2.45) is 0 Å². The summed E-state index contributed by atoms with van der Waals surface area (Å²) in [5.74, 6) is 0.525. The third-order valence-corrected chi connectivity index (χ3v) is 7.28. The number of rotatable bonds is 14. The third kappa shape index (κ3) is 8.73. The van der Waals surface area contributed by atoms with Crippen molar-refractivity contribution in [2.45, 2.75) is 45.8 Å². The molecular weight excluding hydrogens is 534 g/mol. The standard InChI is InChI=1S/C34H38ClN3O3/c1-3-4-8-19-37(34(40)29-15-10-16-30(35)22-29)26-33(39)38(23-27-12-6-5-7-13-27)25-31-17-11-20-36(31)24-28-14-9-18-32(21-28)41-2/h5-7,9-18,20-22H,3-4,8,19,23-26H2,1-2H3. The van der Waals surface area contributed by atoms with Crippen LogP contribution in [0.3, 0.4) is 0 Å². The Morgan fingerprint density at radius 2 is 1.61 bits per heavy atom. The minimum absolute atomic E-state index is 0.00150. The molecule has 0 bridgehead atoms. The van der Waals surface area contributed by atoms with Crippen molar-refractivity contribution >= 4 is 23.4 Å². The second kappa shape index (κ2) is 15.1. The van der Waals surface area contributed by atoms with Crippen molar-refractivity contribution < 1.29 is 14.3 Å². The molecule has 0 unspecified atom stereocenters. The Balaban J connectivity index is 1.57. The van der Waals surface area contributed by atoms with Crippen LogP contribution in [0, 0.1) is 0 Å². The van der Waals surface area contributed by atoms with E-state index in [0.29, 0.717) is 36.8 Å². The first-order valence-corrected chi connectivity index (χ1v) is 14.5. The van der Waals surface area contributed by atoms with Crippen LogP contribution in [0.2, 0.25) is 5.02 Å². The smallest absolute Gasteiger partial charge is 0.254 e. The zero-order chi connectivity index (χ0) is 29.0. The van der Waals surface area contributed by atoms with Gasteiger partial charge in [0, 0.05) is 42.1 Å². The minimum Gasteiger partial charge on any atom is -0.497 e. The number of hydrogen-bond donors (Lipinski definition) is 0. The van der Waals surface area contributed by atoms with Crippen LogP contribution in [-0.2, 0) is 24.4 Å². The SMILES string of the molecule is CCCCCN(CC(=O)N(Cc1ccccc1)Cc1cccn1Cc1cccc(OC)c1)C(=O)c1cccc(Cl)c1. The lowest BCUT2D eigenvalue weighted by Crippen LogP contribution is -2.43. The molecule has 0 spiro atoms. The van der Waals surface area contributed by atoms with Gasteiger partial charge in [0.2, 0.25) is 5.91 Å². The van der Waals surface area contributed by atoms with Gasteiger partial charge in [-0.25, -0.2) is 0 Å². The molecule has 0 fully saturated rings. The molecule has 0 N–H and O–H groups in total. The van der Waals surface area contributed by atoms with Crippen LogP contribution in [0.5, 0.6) is 5.75 Å². The van der Waals surface area contributed by atoms with Gasteiger partial charge in [-0.2, -0.15) is 0 Å². The fraction of sp³-hybridized carbons (Fsp3) is 0.294. The summed E-state index contributed by atoms with van der Waals surface area (Å²) in [6, 6.07) is 28.9. The lowest BCUT2D eigenvalue weighted by Gasteiger charge is -2.28. The minimum atomic E-state index is -0.182. The molecule has 7 heteroatoms. The van der Waals surface area contributed by atoms with Gasteiger partial charge in [0.05, 0.1) is 13.7 Å². The first-order valence-electron chi connectivity index (χ1n) is 14.1. The van der Waals surface area contributed by atoms with Gasteiger partial charge in [0.1, 0.15) is 12.3 Å². The number of ether oxygens (including phenoxy) is 1. The Morgan fingerprint density at radius 1 is 0.829 bits per heavy atom. The summed E-state index contributed by atoms with van der Waals surface area (Å²) in [4.78, 5) is 31.0. The van der Waals surface area contributed by atoms with Gasteiger partial charge >= 0.3 is 0 Å². The number of aromatic nitrogens is 1. The molecule has 2 amide bonds. The Labute approximate surface area is 248 Å². The zero-order valence-electron chi connectivity index (χ0n) is 23.8. The summed E-state index contributed by atoms with van der Waals surface area (Å²) in [6.07, 6.45) is 4.87. The average Bonchev–Trinajstić information content (AvgIpc) is 3.42. The number of unbranched alkanes of at least 4 members (excludes halogenated alkanes) is 2. The van der Waals surface area contributed by atoms with E-state index in [1.807, 2.05) is 71.8 Å². The highest BCUT2D eigenvalue weighted by Crippen LogP contribution is 2.18. The first kappa shape index (κ1) is 29.9. The monoisotopic (exact) mass is 571 g/mol. The Kier molecular flexibility index (Phi) is 11.0. The van der Waals surface area contributed by atoms with Crippen molar-refractivity contribution in [3.05, 3.63) is 125 Å². The quantitative estimate of drug-likeness (QED) is 0.152. The number of amides is 2. The van der Waals surface area contributed by atoms with E-state index in [9.17, 15) is 9.59 Å². The van der Waals surface area contributed by atoms with Gasteiger partial charge in [-0.1, -0.05) is 79.9 Å². The van der Waals surface area contributed by atoms with Crippen LogP contribution in [0.15, 0.2) is 97.2 Å². The van der Waals surface area contributed by atoms with Crippen LogP contribution in [0.1, 0.15) is 53.4 Å². The van der Waals surface area contributed by atoms with Crippen molar-refractivity contribution in [3.8, 4) is 5.75 Å².